The van der Waals surface area contributed by atoms with Crippen molar-refractivity contribution >= 4 is 56.5 Å². The van der Waals surface area contributed by atoms with Crippen molar-refractivity contribution in [2.45, 2.75) is 16.1 Å². The first-order valence-corrected chi connectivity index (χ1v) is 14.8. The van der Waals surface area contributed by atoms with Crippen molar-refractivity contribution in [3.63, 3.8) is 0 Å². The molecule has 0 bridgehead atoms. The van der Waals surface area contributed by atoms with Crippen LogP contribution in [0.2, 0.25) is 0 Å². The Kier molecular flexibility index (Phi) is 7.64. The summed E-state index contributed by atoms with van der Waals surface area (Å²) in [4.78, 5) is 28.3. The van der Waals surface area contributed by atoms with E-state index in [1.54, 1.807) is 18.2 Å². The van der Waals surface area contributed by atoms with E-state index in [9.17, 15) is 14.7 Å². The van der Waals surface area contributed by atoms with Crippen molar-refractivity contribution in [3.8, 4) is 11.5 Å². The quantitative estimate of drug-likeness (QED) is 0.0702. The number of amides is 1. The number of anilines is 1. The Balaban J connectivity index is 1.36. The Bertz CT molecular complexity index is 1830. The summed E-state index contributed by atoms with van der Waals surface area (Å²) >= 11 is 2.75. The number of aliphatic hydroxyl groups is 1. The molecular formula is C32H25N3O5S2. The maximum absolute atomic E-state index is 13.5. The lowest BCUT2D eigenvalue weighted by Crippen LogP contribution is -2.29. The van der Waals surface area contributed by atoms with Crippen molar-refractivity contribution < 1.29 is 24.2 Å². The minimum absolute atomic E-state index is 0.0430. The van der Waals surface area contributed by atoms with Gasteiger partial charge in [-0.3, -0.25) is 14.5 Å². The number of aliphatic hydroxyl groups excluding tert-OH is 1. The van der Waals surface area contributed by atoms with Gasteiger partial charge in [-0.15, -0.1) is 10.2 Å². The van der Waals surface area contributed by atoms with Gasteiger partial charge in [0.2, 0.25) is 5.13 Å². The third kappa shape index (κ3) is 4.99. The number of methoxy groups -OCH3 is 2. The largest absolute Gasteiger partial charge is 0.507 e. The normalized spacial score (nSPS) is 16.2. The SMILES string of the molecule is COc1ccc(C(O)=C2C(=O)C(=O)N(c3nnc(SCc4cccc5ccccc45)s3)[C@H]2c2ccccc2)cc1OC. The van der Waals surface area contributed by atoms with Gasteiger partial charge in [-0.1, -0.05) is 95.9 Å². The van der Waals surface area contributed by atoms with Gasteiger partial charge < -0.3 is 14.6 Å². The molecule has 0 spiro atoms. The minimum Gasteiger partial charge on any atom is -0.507 e. The molecule has 0 aliphatic carbocycles. The number of thioether (sulfide) groups is 1. The first kappa shape index (κ1) is 27.5. The zero-order chi connectivity index (χ0) is 29.2. The van der Waals surface area contributed by atoms with E-state index < -0.39 is 17.7 Å². The highest BCUT2D eigenvalue weighted by molar-refractivity contribution is 8.00. The molecule has 0 unspecified atom stereocenters. The summed E-state index contributed by atoms with van der Waals surface area (Å²) in [6.07, 6.45) is 0. The predicted octanol–water partition coefficient (Wildman–Crippen LogP) is 6.63. The van der Waals surface area contributed by atoms with E-state index in [2.05, 4.69) is 34.5 Å². The van der Waals surface area contributed by atoms with Crippen molar-refractivity contribution in [1.29, 1.82) is 0 Å². The van der Waals surface area contributed by atoms with E-state index in [1.807, 2.05) is 48.5 Å². The molecule has 5 aromatic rings. The van der Waals surface area contributed by atoms with E-state index in [4.69, 9.17) is 9.47 Å². The van der Waals surface area contributed by atoms with Gasteiger partial charge in [0.1, 0.15) is 5.76 Å². The number of hydrogen-bond donors (Lipinski definition) is 1. The molecule has 210 valence electrons. The highest BCUT2D eigenvalue weighted by atomic mass is 32.2. The number of ketones is 1. The Morgan fingerprint density at radius 2 is 1.64 bits per heavy atom. The maximum atomic E-state index is 13.5. The number of carbonyl (C=O) groups is 2. The van der Waals surface area contributed by atoms with Crippen LogP contribution in [0.1, 0.15) is 22.7 Å². The van der Waals surface area contributed by atoms with Gasteiger partial charge >= 0.3 is 5.91 Å². The third-order valence-electron chi connectivity index (χ3n) is 7.05. The molecule has 1 atom stereocenters. The second-order valence-electron chi connectivity index (χ2n) is 9.43. The number of carbonyl (C=O) groups excluding carboxylic acids is 2. The monoisotopic (exact) mass is 595 g/mol. The molecule has 1 aromatic heterocycles. The zero-order valence-electron chi connectivity index (χ0n) is 22.7. The summed E-state index contributed by atoms with van der Waals surface area (Å²) in [5.74, 6) is -0.402. The van der Waals surface area contributed by atoms with Crippen LogP contribution in [-0.4, -0.2) is 41.2 Å². The van der Waals surface area contributed by atoms with Gasteiger partial charge in [0.15, 0.2) is 15.8 Å². The van der Waals surface area contributed by atoms with Gasteiger partial charge in [0.25, 0.3) is 5.78 Å². The predicted molar refractivity (Wildman–Crippen MR) is 164 cm³/mol. The molecule has 1 aliphatic heterocycles. The molecule has 0 radical (unpaired) electrons. The van der Waals surface area contributed by atoms with E-state index in [-0.39, 0.29) is 16.5 Å². The minimum atomic E-state index is -0.900. The highest BCUT2D eigenvalue weighted by Gasteiger charge is 2.48. The summed E-state index contributed by atoms with van der Waals surface area (Å²) in [5, 5.41) is 22.7. The highest BCUT2D eigenvalue weighted by Crippen LogP contribution is 2.44. The molecule has 8 nitrogen and oxygen atoms in total. The van der Waals surface area contributed by atoms with Crippen LogP contribution in [0.25, 0.3) is 16.5 Å². The van der Waals surface area contributed by atoms with E-state index >= 15 is 0 Å². The number of rotatable bonds is 8. The van der Waals surface area contributed by atoms with Crippen LogP contribution >= 0.6 is 23.1 Å². The second-order valence-corrected chi connectivity index (χ2v) is 11.6. The average molecular weight is 596 g/mol. The fourth-order valence-corrected chi connectivity index (χ4v) is 6.91. The van der Waals surface area contributed by atoms with Gasteiger partial charge in [-0.25, -0.2) is 0 Å². The van der Waals surface area contributed by atoms with E-state index in [0.29, 0.717) is 32.7 Å². The van der Waals surface area contributed by atoms with Gasteiger partial charge in [0.05, 0.1) is 25.8 Å². The summed E-state index contributed by atoms with van der Waals surface area (Å²) in [6, 6.07) is 27.4. The number of fused-ring (bicyclic) bond motifs is 1. The molecule has 4 aromatic carbocycles. The van der Waals surface area contributed by atoms with Crippen LogP contribution in [0.3, 0.4) is 0 Å². The number of ether oxygens (including phenoxy) is 2. The molecule has 1 saturated heterocycles. The summed E-state index contributed by atoms with van der Waals surface area (Å²) in [7, 11) is 2.99. The summed E-state index contributed by atoms with van der Waals surface area (Å²) in [5.41, 5.74) is 2.09. The van der Waals surface area contributed by atoms with Crippen LogP contribution in [0.15, 0.2) is 101 Å². The first-order valence-electron chi connectivity index (χ1n) is 13.0. The molecule has 42 heavy (non-hydrogen) atoms. The van der Waals surface area contributed by atoms with Crippen molar-refractivity contribution in [1.82, 2.24) is 10.2 Å². The number of hydrogen-bond acceptors (Lipinski definition) is 9. The van der Waals surface area contributed by atoms with Crippen LogP contribution in [-0.2, 0) is 15.3 Å². The van der Waals surface area contributed by atoms with Crippen molar-refractivity contribution in [3.05, 3.63) is 113 Å². The molecule has 10 heteroatoms. The molecular weight excluding hydrogens is 571 g/mol. The Morgan fingerprint density at radius 1 is 0.905 bits per heavy atom. The molecule has 1 fully saturated rings. The lowest BCUT2D eigenvalue weighted by molar-refractivity contribution is -0.132. The standard InChI is InChI=1S/C32H25N3O5S2/c1-39-24-16-15-21(17-25(24)40-2)28(36)26-27(20-10-4-3-5-11-20)35(30(38)29(26)37)31-33-34-32(42-31)41-18-22-13-8-12-19-9-6-7-14-23(19)22/h3-17,27,36H,18H2,1-2H3/t27-/m0/s1. The second kappa shape index (κ2) is 11.7. The number of Topliss-reactive ketones (excluding diaryl/α,β-unsaturated/α-hetero) is 1. The Labute approximate surface area is 250 Å². The van der Waals surface area contributed by atoms with Gasteiger partial charge in [0, 0.05) is 11.3 Å². The van der Waals surface area contributed by atoms with Crippen molar-refractivity contribution in [2.24, 2.45) is 0 Å². The fraction of sp³-hybridized carbons (Fsp3) is 0.125. The molecule has 1 aliphatic rings. The smallest absolute Gasteiger partial charge is 0.301 e. The number of aromatic nitrogens is 2. The van der Waals surface area contributed by atoms with E-state index in [1.165, 1.54) is 47.6 Å². The van der Waals surface area contributed by atoms with Crippen LogP contribution in [0.5, 0.6) is 11.5 Å². The number of nitrogens with zero attached hydrogens (tertiary/aromatic N) is 3. The topological polar surface area (TPSA) is 102 Å². The molecule has 1 amide bonds. The maximum Gasteiger partial charge on any atom is 0.301 e. The van der Waals surface area contributed by atoms with Crippen molar-refractivity contribution in [2.75, 3.05) is 19.1 Å². The molecule has 1 N–H and O–H groups in total. The molecule has 0 saturated carbocycles. The molecule has 2 heterocycles. The molecule has 6 rings (SSSR count). The first-order chi connectivity index (χ1) is 20.5. The lowest BCUT2D eigenvalue weighted by Gasteiger charge is -2.22. The Morgan fingerprint density at radius 3 is 2.43 bits per heavy atom. The lowest BCUT2D eigenvalue weighted by atomic mass is 9.95. The van der Waals surface area contributed by atoms with E-state index in [0.717, 1.165) is 10.9 Å². The van der Waals surface area contributed by atoms with Crippen LogP contribution in [0.4, 0.5) is 5.13 Å². The van der Waals surface area contributed by atoms with Crippen LogP contribution < -0.4 is 14.4 Å². The summed E-state index contributed by atoms with van der Waals surface area (Å²) in [6.45, 7) is 0. The Hall–Kier alpha value is -4.67. The van der Waals surface area contributed by atoms with Crippen LogP contribution in [0, 0.1) is 0 Å². The average Bonchev–Trinajstić information content (AvgIpc) is 3.61. The third-order valence-corrected chi connectivity index (χ3v) is 9.15. The fourth-order valence-electron chi connectivity index (χ4n) is 5.04. The summed E-state index contributed by atoms with van der Waals surface area (Å²) < 4.78 is 11.3. The zero-order valence-corrected chi connectivity index (χ0v) is 24.3. The van der Waals surface area contributed by atoms with Gasteiger partial charge in [-0.05, 0) is 40.1 Å². The van der Waals surface area contributed by atoms with Gasteiger partial charge in [-0.2, -0.15) is 0 Å². The number of benzene rings is 4.